The van der Waals surface area contributed by atoms with Crippen molar-refractivity contribution in [3.05, 3.63) is 18.5 Å². The van der Waals surface area contributed by atoms with E-state index >= 15 is 0 Å². The molecule has 1 aliphatic carbocycles. The standard InChI is InChI=1S/C9H13N5O/c1-3-8(15)10-6(2)9-11-12-13-14(9)7-4-5-7/h3,6-7H,1,4-5H2,2H3,(H,10,15). The maximum absolute atomic E-state index is 11.1. The summed E-state index contributed by atoms with van der Waals surface area (Å²) in [5.41, 5.74) is 0. The molecule has 2 rings (SSSR count). The fraction of sp³-hybridized carbons (Fsp3) is 0.556. The summed E-state index contributed by atoms with van der Waals surface area (Å²) >= 11 is 0. The molecule has 1 heterocycles. The number of nitrogens with zero attached hydrogens (tertiary/aromatic N) is 4. The van der Waals surface area contributed by atoms with Crippen LogP contribution in [0.1, 0.15) is 37.7 Å². The molecule has 1 unspecified atom stereocenters. The molecule has 0 spiro atoms. The lowest BCUT2D eigenvalue weighted by Gasteiger charge is -2.11. The number of rotatable bonds is 4. The predicted molar refractivity (Wildman–Crippen MR) is 52.8 cm³/mol. The smallest absolute Gasteiger partial charge is 0.243 e. The fourth-order valence-corrected chi connectivity index (χ4v) is 1.40. The van der Waals surface area contributed by atoms with Crippen LogP contribution in [0, 0.1) is 0 Å². The van der Waals surface area contributed by atoms with Gasteiger partial charge >= 0.3 is 0 Å². The van der Waals surface area contributed by atoms with E-state index in [0.29, 0.717) is 11.9 Å². The third-order valence-electron chi connectivity index (χ3n) is 2.34. The zero-order valence-electron chi connectivity index (χ0n) is 8.55. The van der Waals surface area contributed by atoms with E-state index in [1.54, 1.807) is 4.68 Å². The van der Waals surface area contributed by atoms with Gasteiger partial charge in [-0.25, -0.2) is 4.68 Å². The first kappa shape index (κ1) is 9.82. The number of aromatic nitrogens is 4. The van der Waals surface area contributed by atoms with E-state index in [-0.39, 0.29) is 11.9 Å². The van der Waals surface area contributed by atoms with Crippen LogP contribution in [0.15, 0.2) is 12.7 Å². The molecular formula is C9H13N5O. The number of carbonyl (C=O) groups excluding carboxylic acids is 1. The van der Waals surface area contributed by atoms with Gasteiger partial charge < -0.3 is 5.32 Å². The molecule has 0 aromatic carbocycles. The number of hydrogen-bond acceptors (Lipinski definition) is 4. The minimum absolute atomic E-state index is 0.189. The molecule has 6 nitrogen and oxygen atoms in total. The van der Waals surface area contributed by atoms with Gasteiger partial charge in [0.2, 0.25) is 5.91 Å². The molecule has 6 heteroatoms. The summed E-state index contributed by atoms with van der Waals surface area (Å²) in [5.74, 6) is 0.487. The zero-order chi connectivity index (χ0) is 10.8. The summed E-state index contributed by atoms with van der Waals surface area (Å²) in [6.45, 7) is 5.25. The Balaban J connectivity index is 2.10. The highest BCUT2D eigenvalue weighted by Gasteiger charge is 2.29. The quantitative estimate of drug-likeness (QED) is 0.724. The van der Waals surface area contributed by atoms with Gasteiger partial charge in [0.25, 0.3) is 0 Å². The van der Waals surface area contributed by atoms with E-state index in [4.69, 9.17) is 0 Å². The number of hydrogen-bond donors (Lipinski definition) is 1. The minimum atomic E-state index is -0.215. The van der Waals surface area contributed by atoms with Crippen LogP contribution in [0.2, 0.25) is 0 Å². The normalized spacial score (nSPS) is 17.1. The molecule has 1 aliphatic rings. The van der Waals surface area contributed by atoms with Gasteiger partial charge in [-0.2, -0.15) is 0 Å². The van der Waals surface area contributed by atoms with E-state index in [2.05, 4.69) is 27.4 Å². The molecule has 15 heavy (non-hydrogen) atoms. The molecule has 0 bridgehead atoms. The first-order valence-corrected chi connectivity index (χ1v) is 4.93. The molecule has 1 atom stereocenters. The second-order valence-electron chi connectivity index (χ2n) is 3.65. The average Bonchev–Trinajstić information content (AvgIpc) is 2.95. The largest absolute Gasteiger partial charge is 0.343 e. The number of tetrazole rings is 1. The Kier molecular flexibility index (Phi) is 2.49. The van der Waals surface area contributed by atoms with Crippen molar-refractivity contribution in [2.75, 3.05) is 0 Å². The number of amides is 1. The van der Waals surface area contributed by atoms with Gasteiger partial charge in [-0.1, -0.05) is 6.58 Å². The summed E-state index contributed by atoms with van der Waals surface area (Å²) < 4.78 is 1.79. The van der Waals surface area contributed by atoms with Gasteiger partial charge in [-0.3, -0.25) is 4.79 Å². The molecule has 80 valence electrons. The van der Waals surface area contributed by atoms with Crippen LogP contribution in [-0.2, 0) is 4.79 Å². The Bertz CT molecular complexity index is 382. The van der Waals surface area contributed by atoms with E-state index in [0.717, 1.165) is 12.8 Å². The van der Waals surface area contributed by atoms with Crippen molar-refractivity contribution in [1.82, 2.24) is 25.5 Å². The summed E-state index contributed by atoms with van der Waals surface area (Å²) in [5, 5.41) is 14.2. The Morgan fingerprint density at radius 3 is 3.07 bits per heavy atom. The molecule has 1 N–H and O–H groups in total. The monoisotopic (exact) mass is 207 g/mol. The molecule has 1 fully saturated rings. The van der Waals surface area contributed by atoms with Crippen molar-refractivity contribution in [1.29, 1.82) is 0 Å². The lowest BCUT2D eigenvalue weighted by atomic mass is 10.3. The molecule has 0 radical (unpaired) electrons. The molecule has 0 saturated heterocycles. The maximum atomic E-state index is 11.1. The van der Waals surface area contributed by atoms with Gasteiger partial charge in [0.05, 0.1) is 12.1 Å². The van der Waals surface area contributed by atoms with Crippen LogP contribution < -0.4 is 5.32 Å². The third kappa shape index (κ3) is 2.03. The maximum Gasteiger partial charge on any atom is 0.243 e. The fourth-order valence-electron chi connectivity index (χ4n) is 1.40. The molecule has 1 amide bonds. The number of carbonyl (C=O) groups is 1. The summed E-state index contributed by atoms with van der Waals surface area (Å²) in [6.07, 6.45) is 3.46. The lowest BCUT2D eigenvalue weighted by Crippen LogP contribution is -2.27. The van der Waals surface area contributed by atoms with Crippen molar-refractivity contribution in [3.8, 4) is 0 Å². The van der Waals surface area contributed by atoms with Gasteiger partial charge in [0, 0.05) is 0 Å². The zero-order valence-corrected chi connectivity index (χ0v) is 8.55. The van der Waals surface area contributed by atoms with Crippen molar-refractivity contribution >= 4 is 5.91 Å². The molecule has 1 aromatic heterocycles. The molecule has 1 aromatic rings. The second kappa shape index (κ2) is 3.80. The van der Waals surface area contributed by atoms with Crippen LogP contribution in [0.4, 0.5) is 0 Å². The lowest BCUT2D eigenvalue weighted by molar-refractivity contribution is -0.117. The Labute approximate surface area is 87.4 Å². The van der Waals surface area contributed by atoms with E-state index in [1.807, 2.05) is 6.92 Å². The van der Waals surface area contributed by atoms with Gasteiger partial charge in [0.1, 0.15) is 0 Å². The first-order chi connectivity index (χ1) is 7.22. The summed E-state index contributed by atoms with van der Waals surface area (Å²) in [6, 6.07) is 0.226. The van der Waals surface area contributed by atoms with Crippen molar-refractivity contribution in [2.45, 2.75) is 31.8 Å². The van der Waals surface area contributed by atoms with E-state index in [9.17, 15) is 4.79 Å². The van der Waals surface area contributed by atoms with Crippen molar-refractivity contribution in [2.24, 2.45) is 0 Å². The summed E-state index contributed by atoms with van der Waals surface area (Å²) in [4.78, 5) is 11.1. The van der Waals surface area contributed by atoms with Crippen LogP contribution in [0.25, 0.3) is 0 Å². The van der Waals surface area contributed by atoms with Crippen LogP contribution in [0.3, 0.4) is 0 Å². The summed E-state index contributed by atoms with van der Waals surface area (Å²) in [7, 11) is 0. The molecule has 1 saturated carbocycles. The van der Waals surface area contributed by atoms with Crippen molar-refractivity contribution < 1.29 is 4.79 Å². The Hall–Kier alpha value is -1.72. The third-order valence-corrected chi connectivity index (χ3v) is 2.34. The first-order valence-electron chi connectivity index (χ1n) is 4.93. The highest BCUT2D eigenvalue weighted by molar-refractivity contribution is 5.87. The van der Waals surface area contributed by atoms with Crippen LogP contribution in [-0.4, -0.2) is 26.1 Å². The molecular weight excluding hydrogens is 194 g/mol. The van der Waals surface area contributed by atoms with Crippen LogP contribution in [0.5, 0.6) is 0 Å². The minimum Gasteiger partial charge on any atom is -0.343 e. The highest BCUT2D eigenvalue weighted by atomic mass is 16.1. The molecule has 0 aliphatic heterocycles. The number of nitrogens with one attached hydrogen (secondary N) is 1. The van der Waals surface area contributed by atoms with E-state index in [1.165, 1.54) is 6.08 Å². The second-order valence-corrected chi connectivity index (χ2v) is 3.65. The van der Waals surface area contributed by atoms with Crippen molar-refractivity contribution in [3.63, 3.8) is 0 Å². The topological polar surface area (TPSA) is 72.7 Å². The predicted octanol–water partition coefficient (Wildman–Crippen LogP) is 0.371. The van der Waals surface area contributed by atoms with Gasteiger partial charge in [-0.15, -0.1) is 5.10 Å². The highest BCUT2D eigenvalue weighted by Crippen LogP contribution is 2.35. The SMILES string of the molecule is C=CC(=O)NC(C)c1nnnn1C1CC1. The van der Waals surface area contributed by atoms with Gasteiger partial charge in [-0.05, 0) is 36.3 Å². The van der Waals surface area contributed by atoms with Gasteiger partial charge in [0.15, 0.2) is 5.82 Å². The van der Waals surface area contributed by atoms with Crippen LogP contribution >= 0.6 is 0 Å². The average molecular weight is 207 g/mol. The van der Waals surface area contributed by atoms with E-state index < -0.39 is 0 Å². The Morgan fingerprint density at radius 1 is 1.73 bits per heavy atom. The Morgan fingerprint density at radius 2 is 2.47 bits per heavy atom.